The third-order valence-electron chi connectivity index (χ3n) is 3.44. The molecule has 0 aliphatic carbocycles. The summed E-state index contributed by atoms with van der Waals surface area (Å²) in [7, 11) is 0. The molecule has 0 amide bonds. The SMILES string of the molecule is O=C(O)c1c(O)cccc1CCCCc1ccc(O)cc1. The Hall–Kier alpha value is -2.49. The van der Waals surface area contributed by atoms with Gasteiger partial charge in [0.2, 0.25) is 0 Å². The summed E-state index contributed by atoms with van der Waals surface area (Å²) in [5.74, 6) is -1.02. The molecule has 2 aromatic carbocycles. The van der Waals surface area contributed by atoms with E-state index >= 15 is 0 Å². The highest BCUT2D eigenvalue weighted by Gasteiger charge is 2.14. The largest absolute Gasteiger partial charge is 0.508 e. The van der Waals surface area contributed by atoms with E-state index in [0.29, 0.717) is 12.0 Å². The molecule has 110 valence electrons. The van der Waals surface area contributed by atoms with Crippen LogP contribution in [0.25, 0.3) is 0 Å². The third kappa shape index (κ3) is 3.99. The Morgan fingerprint density at radius 3 is 2.24 bits per heavy atom. The van der Waals surface area contributed by atoms with Crippen molar-refractivity contribution in [1.82, 2.24) is 0 Å². The summed E-state index contributed by atoms with van der Waals surface area (Å²) >= 11 is 0. The molecule has 0 saturated carbocycles. The highest BCUT2D eigenvalue weighted by Crippen LogP contribution is 2.23. The molecule has 0 aliphatic heterocycles. The Morgan fingerprint density at radius 2 is 1.57 bits per heavy atom. The van der Waals surface area contributed by atoms with Crippen molar-refractivity contribution >= 4 is 5.97 Å². The second-order valence-corrected chi connectivity index (χ2v) is 4.99. The summed E-state index contributed by atoms with van der Waals surface area (Å²) in [5, 5.41) is 27.9. The minimum absolute atomic E-state index is 0.00198. The number of carboxylic acids is 1. The minimum atomic E-state index is -1.10. The van der Waals surface area contributed by atoms with Crippen LogP contribution in [0.2, 0.25) is 0 Å². The van der Waals surface area contributed by atoms with Gasteiger partial charge in [0.1, 0.15) is 17.1 Å². The average Bonchev–Trinajstić information content (AvgIpc) is 2.45. The second-order valence-electron chi connectivity index (χ2n) is 4.99. The normalized spacial score (nSPS) is 10.5. The van der Waals surface area contributed by atoms with Crippen LogP contribution in [0.4, 0.5) is 0 Å². The molecule has 4 heteroatoms. The van der Waals surface area contributed by atoms with Gasteiger partial charge in [-0.25, -0.2) is 4.79 Å². The summed E-state index contributed by atoms with van der Waals surface area (Å²) in [6.07, 6.45) is 3.25. The molecule has 0 heterocycles. The van der Waals surface area contributed by atoms with Crippen molar-refractivity contribution in [3.05, 3.63) is 59.2 Å². The summed E-state index contributed by atoms with van der Waals surface area (Å²) in [6, 6.07) is 11.9. The molecule has 0 atom stereocenters. The standard InChI is InChI=1S/C17H18O4/c18-14-10-8-12(9-11-14)4-1-2-5-13-6-3-7-15(19)16(13)17(20)21/h3,6-11,18-19H,1-2,4-5H2,(H,20,21). The van der Waals surface area contributed by atoms with Gasteiger partial charge in [-0.1, -0.05) is 24.3 Å². The molecule has 0 saturated heterocycles. The predicted molar refractivity (Wildman–Crippen MR) is 79.8 cm³/mol. The quantitative estimate of drug-likeness (QED) is 0.711. The fourth-order valence-corrected chi connectivity index (χ4v) is 2.35. The molecule has 0 radical (unpaired) electrons. The smallest absolute Gasteiger partial charge is 0.339 e. The van der Waals surface area contributed by atoms with Gasteiger partial charge in [0.15, 0.2) is 0 Å². The molecule has 3 N–H and O–H groups in total. The molecule has 0 spiro atoms. The van der Waals surface area contributed by atoms with Crippen LogP contribution < -0.4 is 0 Å². The summed E-state index contributed by atoms with van der Waals surface area (Å²) < 4.78 is 0. The van der Waals surface area contributed by atoms with E-state index in [2.05, 4.69) is 0 Å². The van der Waals surface area contributed by atoms with E-state index in [1.807, 2.05) is 12.1 Å². The Balaban J connectivity index is 1.90. The van der Waals surface area contributed by atoms with Crippen LogP contribution in [0, 0.1) is 0 Å². The zero-order valence-corrected chi connectivity index (χ0v) is 11.6. The number of benzene rings is 2. The van der Waals surface area contributed by atoms with Crippen LogP contribution in [0.3, 0.4) is 0 Å². The maximum atomic E-state index is 11.1. The van der Waals surface area contributed by atoms with Crippen molar-refractivity contribution in [2.45, 2.75) is 25.7 Å². The molecule has 0 bridgehead atoms. The Labute approximate surface area is 123 Å². The van der Waals surface area contributed by atoms with E-state index in [1.54, 1.807) is 24.3 Å². The molecule has 2 aromatic rings. The van der Waals surface area contributed by atoms with Gasteiger partial charge < -0.3 is 15.3 Å². The molecular weight excluding hydrogens is 268 g/mol. The van der Waals surface area contributed by atoms with Gasteiger partial charge in [-0.05, 0) is 55.0 Å². The van der Waals surface area contributed by atoms with Crippen LogP contribution in [-0.4, -0.2) is 21.3 Å². The molecule has 0 unspecified atom stereocenters. The number of unbranched alkanes of at least 4 members (excludes halogenated alkanes) is 1. The number of rotatable bonds is 6. The number of aryl methyl sites for hydroxylation is 2. The van der Waals surface area contributed by atoms with Crippen LogP contribution >= 0.6 is 0 Å². The lowest BCUT2D eigenvalue weighted by atomic mass is 9.99. The highest BCUT2D eigenvalue weighted by atomic mass is 16.4. The zero-order chi connectivity index (χ0) is 15.2. The number of carbonyl (C=O) groups is 1. The number of aromatic carboxylic acids is 1. The van der Waals surface area contributed by atoms with E-state index < -0.39 is 5.97 Å². The maximum absolute atomic E-state index is 11.1. The Bertz CT molecular complexity index is 617. The van der Waals surface area contributed by atoms with E-state index in [4.69, 9.17) is 5.11 Å². The van der Waals surface area contributed by atoms with E-state index in [9.17, 15) is 15.0 Å². The van der Waals surface area contributed by atoms with E-state index in [0.717, 1.165) is 24.8 Å². The number of hydrogen-bond acceptors (Lipinski definition) is 3. The van der Waals surface area contributed by atoms with Crippen molar-refractivity contribution in [3.63, 3.8) is 0 Å². The molecule has 0 fully saturated rings. The predicted octanol–water partition coefficient (Wildman–Crippen LogP) is 3.36. The monoisotopic (exact) mass is 286 g/mol. The van der Waals surface area contributed by atoms with Gasteiger partial charge in [0.25, 0.3) is 0 Å². The summed E-state index contributed by atoms with van der Waals surface area (Å²) in [4.78, 5) is 11.1. The molecule has 2 rings (SSSR count). The number of phenols is 2. The van der Waals surface area contributed by atoms with Gasteiger partial charge in [0, 0.05) is 0 Å². The Kier molecular flexibility index (Phi) is 4.82. The zero-order valence-electron chi connectivity index (χ0n) is 11.6. The van der Waals surface area contributed by atoms with Crippen molar-refractivity contribution in [3.8, 4) is 11.5 Å². The highest BCUT2D eigenvalue weighted by molar-refractivity contribution is 5.92. The van der Waals surface area contributed by atoms with Gasteiger partial charge in [-0.15, -0.1) is 0 Å². The fourth-order valence-electron chi connectivity index (χ4n) is 2.35. The van der Waals surface area contributed by atoms with Crippen LogP contribution in [0.5, 0.6) is 11.5 Å². The van der Waals surface area contributed by atoms with E-state index in [-0.39, 0.29) is 17.1 Å². The van der Waals surface area contributed by atoms with Crippen LogP contribution in [-0.2, 0) is 12.8 Å². The average molecular weight is 286 g/mol. The summed E-state index contributed by atoms with van der Waals surface area (Å²) in [5.41, 5.74) is 1.80. The van der Waals surface area contributed by atoms with Crippen LogP contribution in [0.1, 0.15) is 34.3 Å². The number of hydrogen-bond donors (Lipinski definition) is 3. The third-order valence-corrected chi connectivity index (χ3v) is 3.44. The van der Waals surface area contributed by atoms with Gasteiger partial charge in [0.05, 0.1) is 0 Å². The fraction of sp³-hybridized carbons (Fsp3) is 0.235. The molecule has 21 heavy (non-hydrogen) atoms. The van der Waals surface area contributed by atoms with Gasteiger partial charge in [-0.2, -0.15) is 0 Å². The molecule has 4 nitrogen and oxygen atoms in total. The number of phenolic OH excluding ortho intramolecular Hbond substituents is 1. The van der Waals surface area contributed by atoms with Gasteiger partial charge >= 0.3 is 5.97 Å². The summed E-state index contributed by atoms with van der Waals surface area (Å²) in [6.45, 7) is 0. The first-order valence-corrected chi connectivity index (χ1v) is 6.90. The number of aromatic hydroxyl groups is 2. The first-order valence-electron chi connectivity index (χ1n) is 6.90. The Morgan fingerprint density at radius 1 is 0.905 bits per heavy atom. The van der Waals surface area contributed by atoms with Crippen molar-refractivity contribution in [2.75, 3.05) is 0 Å². The number of carboxylic acid groups (broad SMARTS) is 1. The first kappa shape index (κ1) is 14.9. The lowest BCUT2D eigenvalue weighted by Gasteiger charge is -2.08. The lowest BCUT2D eigenvalue weighted by molar-refractivity contribution is 0.0692. The van der Waals surface area contributed by atoms with Crippen molar-refractivity contribution in [2.24, 2.45) is 0 Å². The van der Waals surface area contributed by atoms with Crippen molar-refractivity contribution in [1.29, 1.82) is 0 Å². The first-order chi connectivity index (χ1) is 10.1. The van der Waals surface area contributed by atoms with Crippen molar-refractivity contribution < 1.29 is 20.1 Å². The molecule has 0 aliphatic rings. The van der Waals surface area contributed by atoms with Crippen LogP contribution in [0.15, 0.2) is 42.5 Å². The maximum Gasteiger partial charge on any atom is 0.339 e. The topological polar surface area (TPSA) is 77.8 Å². The van der Waals surface area contributed by atoms with E-state index in [1.165, 1.54) is 6.07 Å². The van der Waals surface area contributed by atoms with Gasteiger partial charge in [-0.3, -0.25) is 0 Å². The molecule has 0 aromatic heterocycles. The molecular formula is C17H18O4. The second kappa shape index (κ2) is 6.79. The lowest BCUT2D eigenvalue weighted by Crippen LogP contribution is -2.03. The minimum Gasteiger partial charge on any atom is -0.508 e.